The van der Waals surface area contributed by atoms with Crippen molar-refractivity contribution in [2.75, 3.05) is 0 Å². The highest BCUT2D eigenvalue weighted by molar-refractivity contribution is 5.93. The van der Waals surface area contributed by atoms with E-state index in [1.54, 1.807) is 23.4 Å². The van der Waals surface area contributed by atoms with Gasteiger partial charge in [-0.05, 0) is 37.5 Å². The first-order valence-corrected chi connectivity index (χ1v) is 8.01. The van der Waals surface area contributed by atoms with E-state index in [0.29, 0.717) is 17.4 Å². The molecule has 0 bridgehead atoms. The Morgan fingerprint density at radius 3 is 2.70 bits per heavy atom. The Kier molecular flexibility index (Phi) is 3.09. The summed E-state index contributed by atoms with van der Waals surface area (Å²) in [7, 11) is 1.81. The maximum Gasteiger partial charge on any atom is 0.252 e. The van der Waals surface area contributed by atoms with Crippen molar-refractivity contribution in [1.29, 1.82) is 0 Å². The van der Waals surface area contributed by atoms with E-state index >= 15 is 0 Å². The van der Waals surface area contributed by atoms with Gasteiger partial charge in [-0.25, -0.2) is 4.98 Å². The SMILES string of the molecule is Cn1cc(C(N)=O)c(C2CC3CC(O)(c4cnc[nH]4)CC3C2)n1. The minimum Gasteiger partial charge on any atom is -0.384 e. The van der Waals surface area contributed by atoms with Crippen LogP contribution >= 0.6 is 0 Å². The predicted octanol–water partition coefficient (Wildman–Crippen LogP) is 1.03. The Hall–Kier alpha value is -2.15. The number of rotatable bonds is 3. The third-order valence-electron chi connectivity index (χ3n) is 5.55. The van der Waals surface area contributed by atoms with E-state index < -0.39 is 11.5 Å². The summed E-state index contributed by atoms with van der Waals surface area (Å²) in [5, 5.41) is 15.4. The number of H-pyrrole nitrogens is 1. The van der Waals surface area contributed by atoms with Gasteiger partial charge in [-0.3, -0.25) is 9.48 Å². The van der Waals surface area contributed by atoms with Crippen LogP contribution in [-0.2, 0) is 12.6 Å². The average Bonchev–Trinajstić information content (AvgIpc) is 3.19. The standard InChI is InChI=1S/C16H21N5O2/c1-21-7-12(15(17)22)14(20-21)9-2-10-4-16(23,5-11(10)3-9)13-6-18-8-19-13/h6-11,23H,2-5H2,1H3,(H2,17,22)(H,18,19). The summed E-state index contributed by atoms with van der Waals surface area (Å²) >= 11 is 0. The van der Waals surface area contributed by atoms with Crippen LogP contribution in [-0.4, -0.2) is 30.8 Å². The predicted molar refractivity (Wildman–Crippen MR) is 82.4 cm³/mol. The number of aryl methyl sites for hydroxylation is 1. The van der Waals surface area contributed by atoms with Crippen molar-refractivity contribution >= 4 is 5.91 Å². The number of nitrogens with one attached hydrogen (secondary N) is 1. The van der Waals surface area contributed by atoms with Crippen LogP contribution in [0.25, 0.3) is 0 Å². The lowest BCUT2D eigenvalue weighted by molar-refractivity contribution is 0.0305. The number of primary amides is 1. The van der Waals surface area contributed by atoms with Crippen LogP contribution in [0.3, 0.4) is 0 Å². The normalized spacial score (nSPS) is 33.0. The van der Waals surface area contributed by atoms with Gasteiger partial charge >= 0.3 is 0 Å². The van der Waals surface area contributed by atoms with Gasteiger partial charge in [0.1, 0.15) is 5.60 Å². The Labute approximate surface area is 133 Å². The first kappa shape index (κ1) is 14.4. The molecular formula is C16H21N5O2. The van der Waals surface area contributed by atoms with Gasteiger partial charge in [0.2, 0.25) is 0 Å². The summed E-state index contributed by atoms with van der Waals surface area (Å²) in [5.41, 5.74) is 6.83. The Morgan fingerprint density at radius 1 is 1.43 bits per heavy atom. The van der Waals surface area contributed by atoms with Crippen molar-refractivity contribution in [3.8, 4) is 0 Å². The zero-order chi connectivity index (χ0) is 16.2. The van der Waals surface area contributed by atoms with Gasteiger partial charge in [0.05, 0.1) is 29.5 Å². The van der Waals surface area contributed by atoms with E-state index in [1.807, 2.05) is 7.05 Å². The monoisotopic (exact) mass is 315 g/mol. The van der Waals surface area contributed by atoms with E-state index in [4.69, 9.17) is 5.73 Å². The second-order valence-corrected chi connectivity index (χ2v) is 7.06. The van der Waals surface area contributed by atoms with Gasteiger partial charge < -0.3 is 15.8 Å². The summed E-state index contributed by atoms with van der Waals surface area (Å²) < 4.78 is 1.66. The molecule has 4 rings (SSSR count). The van der Waals surface area contributed by atoms with Gasteiger partial charge in [-0.15, -0.1) is 0 Å². The molecule has 2 atom stereocenters. The fourth-order valence-electron chi connectivity index (χ4n) is 4.61. The molecule has 2 aliphatic rings. The molecule has 2 aromatic rings. The van der Waals surface area contributed by atoms with E-state index in [1.165, 1.54) is 0 Å². The molecule has 7 heteroatoms. The minimum atomic E-state index is -0.798. The zero-order valence-corrected chi connectivity index (χ0v) is 13.1. The largest absolute Gasteiger partial charge is 0.384 e. The van der Waals surface area contributed by atoms with Crippen LogP contribution in [0, 0.1) is 11.8 Å². The zero-order valence-electron chi connectivity index (χ0n) is 13.1. The molecule has 1 amide bonds. The van der Waals surface area contributed by atoms with Crippen molar-refractivity contribution in [1.82, 2.24) is 19.7 Å². The fourth-order valence-corrected chi connectivity index (χ4v) is 4.61. The molecule has 0 radical (unpaired) electrons. The first-order chi connectivity index (χ1) is 11.0. The van der Waals surface area contributed by atoms with E-state index in [0.717, 1.165) is 37.1 Å². The highest BCUT2D eigenvalue weighted by Gasteiger charge is 2.51. The van der Waals surface area contributed by atoms with Gasteiger partial charge in [-0.2, -0.15) is 5.10 Å². The molecule has 2 aliphatic carbocycles. The molecule has 2 heterocycles. The molecule has 122 valence electrons. The van der Waals surface area contributed by atoms with Crippen molar-refractivity contribution in [2.24, 2.45) is 24.6 Å². The lowest BCUT2D eigenvalue weighted by Gasteiger charge is -2.23. The Bertz CT molecular complexity index is 722. The maximum atomic E-state index is 11.6. The van der Waals surface area contributed by atoms with Gasteiger partial charge in [0.25, 0.3) is 5.91 Å². The lowest BCUT2D eigenvalue weighted by atomic mass is 9.90. The Balaban J connectivity index is 1.54. The maximum absolute atomic E-state index is 11.6. The number of carbonyl (C=O) groups is 1. The highest BCUT2D eigenvalue weighted by Crippen LogP contribution is 2.56. The van der Waals surface area contributed by atoms with E-state index in [-0.39, 0.29) is 5.92 Å². The number of amides is 1. The number of fused-ring (bicyclic) bond motifs is 1. The summed E-state index contributed by atoms with van der Waals surface area (Å²) in [6, 6.07) is 0. The number of nitrogens with zero attached hydrogens (tertiary/aromatic N) is 3. The second-order valence-electron chi connectivity index (χ2n) is 7.06. The molecule has 23 heavy (non-hydrogen) atoms. The number of imidazole rings is 1. The second kappa shape index (κ2) is 4.92. The van der Waals surface area contributed by atoms with Crippen LogP contribution in [0.1, 0.15) is 53.3 Å². The number of aliphatic hydroxyl groups is 1. The quantitative estimate of drug-likeness (QED) is 0.785. The van der Waals surface area contributed by atoms with Crippen LogP contribution in [0.5, 0.6) is 0 Å². The van der Waals surface area contributed by atoms with Crippen LogP contribution in [0.4, 0.5) is 0 Å². The molecule has 0 saturated heterocycles. The third-order valence-corrected chi connectivity index (χ3v) is 5.55. The number of hydrogen-bond acceptors (Lipinski definition) is 4. The smallest absolute Gasteiger partial charge is 0.252 e. The van der Waals surface area contributed by atoms with Crippen LogP contribution in [0.2, 0.25) is 0 Å². The molecule has 0 spiro atoms. The molecule has 0 aromatic carbocycles. The van der Waals surface area contributed by atoms with Crippen molar-refractivity contribution in [2.45, 2.75) is 37.2 Å². The molecule has 2 unspecified atom stereocenters. The van der Waals surface area contributed by atoms with Crippen LogP contribution < -0.4 is 5.73 Å². The molecule has 2 fully saturated rings. The topological polar surface area (TPSA) is 110 Å². The third kappa shape index (κ3) is 2.26. The van der Waals surface area contributed by atoms with Crippen molar-refractivity contribution < 1.29 is 9.90 Å². The number of aromatic nitrogens is 4. The molecule has 7 nitrogen and oxygen atoms in total. The fraction of sp³-hybridized carbons (Fsp3) is 0.562. The van der Waals surface area contributed by atoms with Crippen LogP contribution in [0.15, 0.2) is 18.7 Å². The number of hydrogen-bond donors (Lipinski definition) is 3. The molecule has 2 saturated carbocycles. The van der Waals surface area contributed by atoms with Crippen molar-refractivity contribution in [3.63, 3.8) is 0 Å². The highest BCUT2D eigenvalue weighted by atomic mass is 16.3. The minimum absolute atomic E-state index is 0.250. The molecule has 0 aliphatic heterocycles. The number of nitrogens with two attached hydrogens (primary N) is 1. The average molecular weight is 315 g/mol. The summed E-state index contributed by atoms with van der Waals surface area (Å²) in [6.07, 6.45) is 8.37. The van der Waals surface area contributed by atoms with Gasteiger partial charge in [-0.1, -0.05) is 0 Å². The number of carbonyl (C=O) groups excluding carboxylic acids is 1. The summed E-state index contributed by atoms with van der Waals surface area (Å²) in [5.74, 6) is 0.714. The summed E-state index contributed by atoms with van der Waals surface area (Å²) in [6.45, 7) is 0. The van der Waals surface area contributed by atoms with E-state index in [2.05, 4.69) is 15.1 Å². The van der Waals surface area contributed by atoms with Gasteiger partial charge in [0.15, 0.2) is 0 Å². The van der Waals surface area contributed by atoms with Crippen molar-refractivity contribution in [3.05, 3.63) is 35.7 Å². The summed E-state index contributed by atoms with van der Waals surface area (Å²) in [4.78, 5) is 18.7. The molecular weight excluding hydrogens is 294 g/mol. The lowest BCUT2D eigenvalue weighted by Crippen LogP contribution is -2.23. The Morgan fingerprint density at radius 2 is 2.13 bits per heavy atom. The number of aromatic amines is 1. The molecule has 2 aromatic heterocycles. The molecule has 4 N–H and O–H groups in total. The van der Waals surface area contributed by atoms with Gasteiger partial charge in [0, 0.05) is 19.2 Å². The first-order valence-electron chi connectivity index (χ1n) is 8.01. The van der Waals surface area contributed by atoms with E-state index in [9.17, 15) is 9.90 Å².